The molecule has 11 heteroatoms. The maximum atomic E-state index is 13.8. The number of sulfone groups is 1. The number of halogens is 1. The Hall–Kier alpha value is -2.40. The molecule has 1 aromatic carbocycles. The number of carbonyl (C=O) groups excluding carboxylic acids is 1. The van der Waals surface area contributed by atoms with Crippen molar-refractivity contribution < 1.29 is 22.3 Å². The van der Waals surface area contributed by atoms with E-state index in [9.17, 15) is 17.6 Å². The first-order valence-electron chi connectivity index (χ1n) is 9.76. The van der Waals surface area contributed by atoms with Crippen LogP contribution in [0.2, 0.25) is 0 Å². The molecule has 0 spiro atoms. The van der Waals surface area contributed by atoms with Gasteiger partial charge < -0.3 is 9.64 Å². The molecule has 8 nitrogen and oxygen atoms in total. The lowest BCUT2D eigenvalue weighted by Crippen LogP contribution is -2.41. The van der Waals surface area contributed by atoms with Crippen LogP contribution in [0.15, 0.2) is 42.1 Å². The standard InChI is InChI=1S/C20H25FN4O4S2/c1-4-10-25-18(12-29-17-8-6-5-7-16(17)21)22-23-20(25)30-14(2)19(26)24(3)15-9-11-31(27,28)13-15/h4-8,14-15H,1,9-13H2,2-3H3. The molecular formula is C20H25FN4O4S2. The van der Waals surface area contributed by atoms with Gasteiger partial charge in [-0.25, -0.2) is 12.8 Å². The number of aromatic nitrogens is 3. The molecule has 0 bridgehead atoms. The Labute approximate surface area is 185 Å². The highest BCUT2D eigenvalue weighted by Gasteiger charge is 2.34. The number of hydrogen-bond donors (Lipinski definition) is 0. The second-order valence-corrected chi connectivity index (χ2v) is 10.8. The Morgan fingerprint density at radius 3 is 2.84 bits per heavy atom. The van der Waals surface area contributed by atoms with Gasteiger partial charge >= 0.3 is 0 Å². The number of ether oxygens (including phenoxy) is 1. The molecule has 1 aliphatic rings. The fourth-order valence-corrected chi connectivity index (χ4v) is 6.04. The summed E-state index contributed by atoms with van der Waals surface area (Å²) in [7, 11) is -1.45. The summed E-state index contributed by atoms with van der Waals surface area (Å²) in [4.78, 5) is 14.3. The number of hydrogen-bond acceptors (Lipinski definition) is 7. The van der Waals surface area contributed by atoms with Crippen molar-refractivity contribution in [2.45, 2.75) is 42.9 Å². The average molecular weight is 469 g/mol. The SMILES string of the molecule is C=CCn1c(COc2ccccc2F)nnc1SC(C)C(=O)N(C)C1CCS(=O)(=O)C1. The summed E-state index contributed by atoms with van der Waals surface area (Å²) < 4.78 is 44.5. The Kier molecular flexibility index (Phi) is 7.37. The van der Waals surface area contributed by atoms with Crippen LogP contribution in [0.25, 0.3) is 0 Å². The van der Waals surface area contributed by atoms with Crippen molar-refractivity contribution in [1.82, 2.24) is 19.7 Å². The summed E-state index contributed by atoms with van der Waals surface area (Å²) in [6.07, 6.45) is 2.12. The highest BCUT2D eigenvalue weighted by atomic mass is 32.2. The topological polar surface area (TPSA) is 94.4 Å². The van der Waals surface area contributed by atoms with Crippen molar-refractivity contribution in [1.29, 1.82) is 0 Å². The van der Waals surface area contributed by atoms with E-state index in [1.54, 1.807) is 36.7 Å². The molecule has 3 rings (SSSR count). The van der Waals surface area contributed by atoms with E-state index in [0.29, 0.717) is 23.9 Å². The molecule has 2 unspecified atom stereocenters. The molecule has 2 atom stereocenters. The number of rotatable bonds is 9. The summed E-state index contributed by atoms with van der Waals surface area (Å²) in [6, 6.07) is 5.78. The number of allylic oxidation sites excluding steroid dienone is 1. The van der Waals surface area contributed by atoms with E-state index >= 15 is 0 Å². The smallest absolute Gasteiger partial charge is 0.235 e. The molecule has 0 aliphatic carbocycles. The second kappa shape index (κ2) is 9.82. The van der Waals surface area contributed by atoms with Crippen LogP contribution in [0.4, 0.5) is 4.39 Å². The van der Waals surface area contributed by atoms with Crippen molar-refractivity contribution in [3.05, 3.63) is 48.6 Å². The fourth-order valence-electron chi connectivity index (χ4n) is 3.29. The molecule has 0 N–H and O–H groups in total. The van der Waals surface area contributed by atoms with Crippen LogP contribution in [0, 0.1) is 5.82 Å². The Balaban J connectivity index is 1.68. The number of para-hydroxylation sites is 1. The molecule has 2 aromatic rings. The van der Waals surface area contributed by atoms with Gasteiger partial charge in [0, 0.05) is 19.6 Å². The molecule has 31 heavy (non-hydrogen) atoms. The van der Waals surface area contributed by atoms with Crippen molar-refractivity contribution >= 4 is 27.5 Å². The van der Waals surface area contributed by atoms with Crippen LogP contribution in [0.5, 0.6) is 5.75 Å². The van der Waals surface area contributed by atoms with Gasteiger partial charge in [-0.1, -0.05) is 30.0 Å². The zero-order valence-corrected chi connectivity index (χ0v) is 19.0. The molecule has 1 saturated heterocycles. The Morgan fingerprint density at radius 2 is 2.19 bits per heavy atom. The molecule has 1 amide bonds. The number of nitrogens with zero attached hydrogens (tertiary/aromatic N) is 4. The third-order valence-corrected chi connectivity index (χ3v) is 7.85. The minimum atomic E-state index is -3.08. The van der Waals surface area contributed by atoms with Gasteiger partial charge in [-0.05, 0) is 25.5 Å². The van der Waals surface area contributed by atoms with E-state index in [-0.39, 0.29) is 35.8 Å². The quantitative estimate of drug-likeness (QED) is 0.412. The van der Waals surface area contributed by atoms with Gasteiger partial charge in [-0.2, -0.15) is 0 Å². The van der Waals surface area contributed by atoms with Crippen molar-refractivity contribution in [2.24, 2.45) is 0 Å². The van der Waals surface area contributed by atoms with E-state index in [4.69, 9.17) is 4.74 Å². The highest BCUT2D eigenvalue weighted by Crippen LogP contribution is 2.26. The Morgan fingerprint density at radius 1 is 1.45 bits per heavy atom. The van der Waals surface area contributed by atoms with Crippen molar-refractivity contribution in [2.75, 3.05) is 18.6 Å². The van der Waals surface area contributed by atoms with E-state index in [1.807, 2.05) is 0 Å². The predicted molar refractivity (Wildman–Crippen MR) is 116 cm³/mol. The van der Waals surface area contributed by atoms with Crippen LogP contribution in [-0.4, -0.2) is 63.8 Å². The van der Waals surface area contributed by atoms with E-state index < -0.39 is 20.9 Å². The summed E-state index contributed by atoms with van der Waals surface area (Å²) in [5, 5.41) is 8.29. The summed E-state index contributed by atoms with van der Waals surface area (Å²) in [5.41, 5.74) is 0. The predicted octanol–water partition coefficient (Wildman–Crippen LogP) is 2.31. The third-order valence-electron chi connectivity index (χ3n) is 5.03. The second-order valence-electron chi connectivity index (χ2n) is 7.28. The molecule has 168 valence electrons. The average Bonchev–Trinajstić information content (AvgIpc) is 3.29. The zero-order valence-electron chi connectivity index (χ0n) is 17.4. The summed E-state index contributed by atoms with van der Waals surface area (Å²) in [6.45, 7) is 5.88. The molecule has 1 fully saturated rings. The first-order valence-corrected chi connectivity index (χ1v) is 12.5. The van der Waals surface area contributed by atoms with Gasteiger partial charge in [0.15, 0.2) is 32.4 Å². The van der Waals surface area contributed by atoms with Crippen LogP contribution < -0.4 is 4.74 Å². The maximum absolute atomic E-state index is 13.8. The molecule has 1 aromatic heterocycles. The lowest BCUT2D eigenvalue weighted by Gasteiger charge is -2.26. The van der Waals surface area contributed by atoms with Gasteiger partial charge in [-0.3, -0.25) is 9.36 Å². The van der Waals surface area contributed by atoms with Crippen molar-refractivity contribution in [3.63, 3.8) is 0 Å². The van der Waals surface area contributed by atoms with Gasteiger partial charge in [0.05, 0.1) is 16.8 Å². The van der Waals surface area contributed by atoms with Crippen LogP contribution in [0.1, 0.15) is 19.2 Å². The number of thioether (sulfide) groups is 1. The first kappa shape index (κ1) is 23.3. The van der Waals surface area contributed by atoms with Gasteiger partial charge in [0.2, 0.25) is 5.91 Å². The largest absolute Gasteiger partial charge is 0.483 e. The lowest BCUT2D eigenvalue weighted by atomic mass is 10.2. The van der Waals surface area contributed by atoms with E-state index in [2.05, 4.69) is 16.8 Å². The van der Waals surface area contributed by atoms with E-state index in [0.717, 1.165) is 0 Å². The van der Waals surface area contributed by atoms with Crippen LogP contribution in [0.3, 0.4) is 0 Å². The lowest BCUT2D eigenvalue weighted by molar-refractivity contribution is -0.130. The molecule has 2 heterocycles. The first-order chi connectivity index (χ1) is 14.7. The van der Waals surface area contributed by atoms with Gasteiger partial charge in [0.25, 0.3) is 0 Å². The monoisotopic (exact) mass is 468 g/mol. The number of carbonyl (C=O) groups is 1. The maximum Gasteiger partial charge on any atom is 0.235 e. The minimum absolute atomic E-state index is 0.00317. The molecular weight excluding hydrogens is 443 g/mol. The molecule has 1 aliphatic heterocycles. The number of benzene rings is 1. The van der Waals surface area contributed by atoms with Crippen LogP contribution >= 0.6 is 11.8 Å². The highest BCUT2D eigenvalue weighted by molar-refractivity contribution is 8.00. The van der Waals surface area contributed by atoms with Gasteiger partial charge in [0.1, 0.15) is 6.61 Å². The van der Waals surface area contributed by atoms with Gasteiger partial charge in [-0.15, -0.1) is 16.8 Å². The Bertz CT molecular complexity index is 1060. The van der Waals surface area contributed by atoms with Crippen molar-refractivity contribution in [3.8, 4) is 5.75 Å². The summed E-state index contributed by atoms with van der Waals surface area (Å²) >= 11 is 1.22. The zero-order chi connectivity index (χ0) is 22.6. The normalized spacial score (nSPS) is 18.5. The van der Waals surface area contributed by atoms with E-state index in [1.165, 1.54) is 28.8 Å². The third kappa shape index (κ3) is 5.65. The fraction of sp³-hybridized carbons (Fsp3) is 0.450. The number of amides is 1. The minimum Gasteiger partial charge on any atom is -0.483 e. The van der Waals surface area contributed by atoms with Crippen LogP contribution in [-0.2, 0) is 27.8 Å². The summed E-state index contributed by atoms with van der Waals surface area (Å²) in [5.74, 6) is 0.0432. The molecule has 0 radical (unpaired) electrons. The molecule has 0 saturated carbocycles.